The van der Waals surface area contributed by atoms with Gasteiger partial charge in [0, 0.05) is 0 Å². The third-order valence-electron chi connectivity index (χ3n) is 10.7. The Morgan fingerprint density at radius 1 is 0.577 bits per heavy atom. The Labute approximate surface area is 338 Å². The van der Waals surface area contributed by atoms with Gasteiger partial charge in [0.1, 0.15) is 0 Å². The van der Waals surface area contributed by atoms with Gasteiger partial charge in [-0.2, -0.15) is 0 Å². The molecule has 52 heavy (non-hydrogen) atoms. The molecule has 8 rings (SSSR count). The van der Waals surface area contributed by atoms with Crippen LogP contribution in [0.4, 0.5) is 0 Å². The third-order valence-corrected chi connectivity index (χ3v) is 19.6. The average molecular weight is 840 g/mol. The summed E-state index contributed by atoms with van der Waals surface area (Å²) in [5.74, 6) is 0. The van der Waals surface area contributed by atoms with Gasteiger partial charge in [-0.05, 0) is 0 Å². The average Bonchev–Trinajstić information content (AvgIpc) is 3.74. The van der Waals surface area contributed by atoms with Crippen LogP contribution in [0.5, 0.6) is 0 Å². The van der Waals surface area contributed by atoms with Gasteiger partial charge in [0.2, 0.25) is 0 Å². The van der Waals surface area contributed by atoms with Gasteiger partial charge >= 0.3 is 317 Å². The number of halogens is 4. The second-order valence-electron chi connectivity index (χ2n) is 15.9. The van der Waals surface area contributed by atoms with E-state index >= 15 is 0 Å². The van der Waals surface area contributed by atoms with E-state index in [1.807, 2.05) is 0 Å². The first-order chi connectivity index (χ1) is 23.9. The number of rotatable bonds is 4. The second kappa shape index (κ2) is 14.8. The van der Waals surface area contributed by atoms with Crippen LogP contribution >= 0.6 is 23.2 Å². The van der Waals surface area contributed by atoms with Crippen LogP contribution in [0.25, 0.3) is 32.7 Å². The molecule has 0 radical (unpaired) electrons. The monoisotopic (exact) mass is 836 g/mol. The molecule has 5 heteroatoms. The predicted octanol–water partition coefficient (Wildman–Crippen LogP) is 7.70. The zero-order valence-electron chi connectivity index (χ0n) is 30.4. The van der Waals surface area contributed by atoms with E-state index < -0.39 is 21.3 Å². The summed E-state index contributed by atoms with van der Waals surface area (Å²) in [5, 5.41) is 6.20. The zero-order valence-corrected chi connectivity index (χ0v) is 35.9. The van der Waals surface area contributed by atoms with E-state index in [0.29, 0.717) is 0 Å². The van der Waals surface area contributed by atoms with Gasteiger partial charge in [-0.3, -0.25) is 0 Å². The molecule has 0 fully saturated rings. The first-order valence-corrected chi connectivity index (χ1v) is 22.3. The van der Waals surface area contributed by atoms with E-state index in [9.17, 15) is 0 Å². The minimum Gasteiger partial charge on any atom is -1.00 e. The van der Waals surface area contributed by atoms with Gasteiger partial charge in [0.15, 0.2) is 0 Å². The molecule has 6 aromatic rings. The molecule has 0 heterocycles. The van der Waals surface area contributed by atoms with Crippen LogP contribution < -0.4 is 24.8 Å². The fourth-order valence-electron chi connectivity index (χ4n) is 8.04. The predicted molar refractivity (Wildman–Crippen MR) is 214 cm³/mol. The summed E-state index contributed by atoms with van der Waals surface area (Å²) in [6.45, 7) is 14.0. The Morgan fingerprint density at radius 2 is 1.02 bits per heavy atom. The minimum absolute atomic E-state index is 0. The van der Waals surface area contributed by atoms with Crippen LogP contribution in [0.15, 0.2) is 131 Å². The molecule has 0 amide bonds. The molecule has 0 bridgehead atoms. The Kier molecular flexibility index (Phi) is 11.1. The Morgan fingerprint density at radius 3 is 1.42 bits per heavy atom. The summed E-state index contributed by atoms with van der Waals surface area (Å²) in [6, 6.07) is 40.9. The molecule has 0 aliphatic heterocycles. The molecule has 0 nitrogen and oxygen atoms in total. The summed E-state index contributed by atoms with van der Waals surface area (Å²) in [4.78, 5) is 0. The maximum absolute atomic E-state index is 6.95. The fraction of sp³-hybridized carbons (Fsp3) is 0.213. The van der Waals surface area contributed by atoms with Crippen molar-refractivity contribution in [3.05, 3.63) is 174 Å². The molecule has 0 aromatic heterocycles. The van der Waals surface area contributed by atoms with Gasteiger partial charge in [0.05, 0.1) is 0 Å². The summed E-state index contributed by atoms with van der Waals surface area (Å²) < 4.78 is 3.41. The number of benzene rings is 6. The molecule has 2 aliphatic carbocycles. The van der Waals surface area contributed by atoms with Crippen molar-refractivity contribution < 1.29 is 46.1 Å². The molecule has 6 aromatic carbocycles. The molecule has 0 saturated heterocycles. The topological polar surface area (TPSA) is 0 Å². The van der Waals surface area contributed by atoms with Crippen LogP contribution in [0, 0.1) is 0 Å². The maximum atomic E-state index is 6.95. The first-order valence-electron chi connectivity index (χ1n) is 17.7. The normalized spacial score (nSPS) is 13.6. The van der Waals surface area contributed by atoms with Crippen molar-refractivity contribution in [2.75, 3.05) is 0 Å². The Bertz CT molecular complexity index is 2300. The summed E-state index contributed by atoms with van der Waals surface area (Å²) in [5.41, 5.74) is 11.2. The molecular formula is C47H42Cl4Zr. The standard InChI is InChI=1S/C21H12Cl2.C21H25.C5H5.2ClH.Zr/c22-20-11-9-14(16-5-1-3-7-18(16)20)13-15-10-12-21(23)19-8-4-2-6-17(15)19;1-20(2,3)16-7-9-18-14(12-16)11-15-13-17(21(4,5)6)8-10-19(15)18;1-2-4-5-3-1;;;/h1-12H;7-13H,1-6H3;1-3H,4H2;2*1H;/q;;;;;+2/p-2. The van der Waals surface area contributed by atoms with E-state index in [-0.39, 0.29) is 39.3 Å². The van der Waals surface area contributed by atoms with Crippen molar-refractivity contribution in [1.29, 1.82) is 0 Å². The van der Waals surface area contributed by atoms with Crippen LogP contribution in [0.2, 0.25) is 10.0 Å². The van der Waals surface area contributed by atoms with Gasteiger partial charge in [0.25, 0.3) is 0 Å². The third kappa shape index (κ3) is 6.76. The SMILES string of the molecule is CC(C)(C)c1ccc2c(c1)[CH]([Zr+2]([C]1=CC=CC1)=[C](c1ccc(Cl)c3ccccc13)c1ccc(Cl)c3ccccc13)c1cc(C(C)(C)C)ccc1-2.[Cl-].[Cl-]. The van der Waals surface area contributed by atoms with Gasteiger partial charge in [-0.1, -0.05) is 0 Å². The number of hydrogen-bond donors (Lipinski definition) is 0. The van der Waals surface area contributed by atoms with Crippen molar-refractivity contribution in [2.45, 2.75) is 62.4 Å². The molecular weight excluding hydrogens is 798 g/mol. The Hall–Kier alpha value is -2.77. The van der Waals surface area contributed by atoms with Gasteiger partial charge in [-0.25, -0.2) is 0 Å². The molecule has 0 spiro atoms. The molecule has 2 aliphatic rings. The molecule has 0 unspecified atom stereocenters. The van der Waals surface area contributed by atoms with Crippen LogP contribution in [0.1, 0.15) is 85.0 Å². The van der Waals surface area contributed by atoms with E-state index in [1.165, 1.54) is 58.5 Å². The van der Waals surface area contributed by atoms with E-state index in [0.717, 1.165) is 27.2 Å². The van der Waals surface area contributed by atoms with Crippen molar-refractivity contribution in [3.63, 3.8) is 0 Å². The van der Waals surface area contributed by atoms with Crippen molar-refractivity contribution in [2.24, 2.45) is 0 Å². The first kappa shape index (κ1) is 38.9. The zero-order chi connectivity index (χ0) is 34.9. The summed E-state index contributed by atoms with van der Waals surface area (Å²) >= 11 is 10.8. The smallest absolute Gasteiger partial charge is 1.00 e. The molecule has 262 valence electrons. The Balaban J connectivity index is 0.00000232. The summed E-state index contributed by atoms with van der Waals surface area (Å²) in [6.07, 6.45) is 8.11. The second-order valence-corrected chi connectivity index (χ2v) is 23.0. The quantitative estimate of drug-likeness (QED) is 0.171. The molecule has 0 atom stereocenters. The van der Waals surface area contributed by atoms with Gasteiger partial charge < -0.3 is 24.8 Å². The summed E-state index contributed by atoms with van der Waals surface area (Å²) in [7, 11) is 0. The van der Waals surface area contributed by atoms with Crippen LogP contribution in [-0.2, 0) is 32.1 Å². The number of hydrogen-bond acceptors (Lipinski definition) is 0. The molecule has 0 N–H and O–H groups in total. The van der Waals surface area contributed by atoms with Crippen molar-refractivity contribution >= 4 is 48.0 Å². The fourth-order valence-corrected chi connectivity index (χ4v) is 17.6. The number of fused-ring (bicyclic) bond motifs is 5. The van der Waals surface area contributed by atoms with Crippen molar-refractivity contribution in [3.8, 4) is 11.1 Å². The van der Waals surface area contributed by atoms with Crippen LogP contribution in [-0.4, -0.2) is 3.21 Å². The van der Waals surface area contributed by atoms with E-state index in [2.05, 4.69) is 169 Å². The minimum atomic E-state index is -3.05. The van der Waals surface area contributed by atoms with Crippen LogP contribution in [0.3, 0.4) is 0 Å². The maximum Gasteiger partial charge on any atom is -1.00 e. The van der Waals surface area contributed by atoms with Gasteiger partial charge in [-0.15, -0.1) is 0 Å². The van der Waals surface area contributed by atoms with E-state index in [4.69, 9.17) is 23.2 Å². The van der Waals surface area contributed by atoms with Crippen molar-refractivity contribution in [1.82, 2.24) is 0 Å². The number of allylic oxidation sites excluding steroid dienone is 4. The van der Waals surface area contributed by atoms with E-state index in [1.54, 1.807) is 3.28 Å². The largest absolute Gasteiger partial charge is 1.00 e. The molecule has 0 saturated carbocycles.